The van der Waals surface area contributed by atoms with Crippen LogP contribution in [0.2, 0.25) is 0 Å². The van der Waals surface area contributed by atoms with E-state index in [1.165, 1.54) is 11.3 Å². The van der Waals surface area contributed by atoms with Crippen molar-refractivity contribution in [3.8, 4) is 0 Å². The predicted molar refractivity (Wildman–Crippen MR) is 61.8 cm³/mol. The molecule has 1 saturated heterocycles. The molecule has 1 aliphatic rings. The van der Waals surface area contributed by atoms with Gasteiger partial charge in [0, 0.05) is 19.1 Å². The van der Waals surface area contributed by atoms with E-state index in [2.05, 4.69) is 15.6 Å². The quantitative estimate of drug-likeness (QED) is 0.792. The molecule has 0 aromatic carbocycles. The normalized spacial score (nSPS) is 20.7. The standard InChI is InChI=1S/C10H15N3O2S/c1-7-12-5-9(16-7)10(14)13-4-8-6-15-3-2-11-8/h5,8,11H,2-4,6H2,1H3,(H,13,14). The molecule has 0 bridgehead atoms. The van der Waals surface area contributed by atoms with Crippen LogP contribution in [0.5, 0.6) is 0 Å². The molecular weight excluding hydrogens is 226 g/mol. The van der Waals surface area contributed by atoms with Crippen LogP contribution in [0.1, 0.15) is 14.7 Å². The van der Waals surface area contributed by atoms with Crippen LogP contribution in [0.3, 0.4) is 0 Å². The third kappa shape index (κ3) is 3.01. The molecule has 1 aromatic rings. The van der Waals surface area contributed by atoms with E-state index in [9.17, 15) is 4.79 Å². The monoisotopic (exact) mass is 241 g/mol. The van der Waals surface area contributed by atoms with Crippen molar-refractivity contribution in [1.29, 1.82) is 0 Å². The van der Waals surface area contributed by atoms with Gasteiger partial charge in [-0.15, -0.1) is 11.3 Å². The summed E-state index contributed by atoms with van der Waals surface area (Å²) in [5.41, 5.74) is 0. The van der Waals surface area contributed by atoms with Crippen LogP contribution in [-0.2, 0) is 4.74 Å². The number of carbonyl (C=O) groups excluding carboxylic acids is 1. The van der Waals surface area contributed by atoms with Crippen molar-refractivity contribution in [1.82, 2.24) is 15.6 Å². The van der Waals surface area contributed by atoms with Gasteiger partial charge < -0.3 is 15.4 Å². The molecule has 1 atom stereocenters. The Morgan fingerprint density at radius 3 is 3.31 bits per heavy atom. The number of hydrogen-bond donors (Lipinski definition) is 2. The van der Waals surface area contributed by atoms with E-state index in [1.54, 1.807) is 6.20 Å². The first-order valence-corrected chi connectivity index (χ1v) is 6.09. The molecule has 0 radical (unpaired) electrons. The summed E-state index contributed by atoms with van der Waals surface area (Å²) in [5, 5.41) is 7.06. The van der Waals surface area contributed by atoms with Crippen LogP contribution >= 0.6 is 11.3 Å². The maximum absolute atomic E-state index is 11.7. The topological polar surface area (TPSA) is 63.2 Å². The Morgan fingerprint density at radius 1 is 1.81 bits per heavy atom. The molecule has 2 N–H and O–H groups in total. The molecule has 0 spiro atoms. The van der Waals surface area contributed by atoms with Crippen LogP contribution in [0.25, 0.3) is 0 Å². The van der Waals surface area contributed by atoms with Gasteiger partial charge in [-0.1, -0.05) is 0 Å². The third-order valence-corrected chi connectivity index (χ3v) is 3.26. The second-order valence-electron chi connectivity index (χ2n) is 3.68. The number of thiazole rings is 1. The molecule has 16 heavy (non-hydrogen) atoms. The summed E-state index contributed by atoms with van der Waals surface area (Å²) in [4.78, 5) is 16.4. The smallest absolute Gasteiger partial charge is 0.263 e. The van der Waals surface area contributed by atoms with E-state index >= 15 is 0 Å². The summed E-state index contributed by atoms with van der Waals surface area (Å²) in [5.74, 6) is -0.0574. The lowest BCUT2D eigenvalue weighted by Crippen LogP contribution is -2.48. The largest absolute Gasteiger partial charge is 0.378 e. The van der Waals surface area contributed by atoms with Gasteiger partial charge in [-0.3, -0.25) is 4.79 Å². The van der Waals surface area contributed by atoms with E-state index in [0.29, 0.717) is 18.0 Å². The zero-order chi connectivity index (χ0) is 11.4. The van der Waals surface area contributed by atoms with Crippen molar-refractivity contribution < 1.29 is 9.53 Å². The highest BCUT2D eigenvalue weighted by Gasteiger charge is 2.15. The lowest BCUT2D eigenvalue weighted by atomic mass is 10.3. The number of rotatable bonds is 3. The predicted octanol–water partition coefficient (Wildman–Crippen LogP) is 0.170. The SMILES string of the molecule is Cc1ncc(C(=O)NCC2COCCN2)s1. The Labute approximate surface area is 98.2 Å². The molecular formula is C10H15N3O2S. The number of nitrogens with zero attached hydrogens (tertiary/aromatic N) is 1. The molecule has 0 saturated carbocycles. The van der Waals surface area contributed by atoms with Crippen LogP contribution in [0.15, 0.2) is 6.20 Å². The summed E-state index contributed by atoms with van der Waals surface area (Å²) in [6, 6.07) is 0.215. The van der Waals surface area contributed by atoms with E-state index in [1.807, 2.05) is 6.92 Å². The molecule has 5 nitrogen and oxygen atoms in total. The molecule has 2 rings (SSSR count). The minimum Gasteiger partial charge on any atom is -0.378 e. The third-order valence-electron chi connectivity index (χ3n) is 2.35. The zero-order valence-corrected chi connectivity index (χ0v) is 9.97. The van der Waals surface area contributed by atoms with Crippen molar-refractivity contribution in [2.45, 2.75) is 13.0 Å². The van der Waals surface area contributed by atoms with Crippen LogP contribution < -0.4 is 10.6 Å². The van der Waals surface area contributed by atoms with Gasteiger partial charge in [-0.05, 0) is 6.92 Å². The number of hydrogen-bond acceptors (Lipinski definition) is 5. The Bertz CT molecular complexity index is 361. The lowest BCUT2D eigenvalue weighted by molar-refractivity contribution is 0.0735. The van der Waals surface area contributed by atoms with E-state index in [-0.39, 0.29) is 11.9 Å². The van der Waals surface area contributed by atoms with E-state index in [0.717, 1.165) is 18.2 Å². The number of ether oxygens (including phenoxy) is 1. The van der Waals surface area contributed by atoms with Gasteiger partial charge in [0.05, 0.1) is 24.4 Å². The van der Waals surface area contributed by atoms with E-state index in [4.69, 9.17) is 4.74 Å². The van der Waals surface area contributed by atoms with Crippen molar-refractivity contribution in [2.24, 2.45) is 0 Å². The highest BCUT2D eigenvalue weighted by atomic mass is 32.1. The maximum atomic E-state index is 11.7. The van der Waals surface area contributed by atoms with Gasteiger partial charge in [-0.25, -0.2) is 4.98 Å². The highest BCUT2D eigenvalue weighted by Crippen LogP contribution is 2.10. The second kappa shape index (κ2) is 5.38. The van der Waals surface area contributed by atoms with Crippen molar-refractivity contribution in [3.05, 3.63) is 16.1 Å². The minimum absolute atomic E-state index is 0.0574. The Morgan fingerprint density at radius 2 is 2.69 bits per heavy atom. The molecule has 6 heteroatoms. The minimum atomic E-state index is -0.0574. The van der Waals surface area contributed by atoms with Gasteiger partial charge in [-0.2, -0.15) is 0 Å². The maximum Gasteiger partial charge on any atom is 0.263 e. The highest BCUT2D eigenvalue weighted by molar-refractivity contribution is 7.13. The first-order valence-electron chi connectivity index (χ1n) is 5.27. The summed E-state index contributed by atoms with van der Waals surface area (Å²) in [6.07, 6.45) is 1.61. The fourth-order valence-electron chi connectivity index (χ4n) is 1.52. The van der Waals surface area contributed by atoms with Gasteiger partial charge in [0.2, 0.25) is 0 Å². The van der Waals surface area contributed by atoms with Gasteiger partial charge in [0.1, 0.15) is 4.88 Å². The van der Waals surface area contributed by atoms with Gasteiger partial charge in [0.15, 0.2) is 0 Å². The zero-order valence-electron chi connectivity index (χ0n) is 9.16. The molecule has 1 amide bonds. The second-order valence-corrected chi connectivity index (χ2v) is 4.91. The van der Waals surface area contributed by atoms with Crippen molar-refractivity contribution in [3.63, 3.8) is 0 Å². The molecule has 1 unspecified atom stereocenters. The summed E-state index contributed by atoms with van der Waals surface area (Å²) in [7, 11) is 0. The number of amides is 1. The molecule has 2 heterocycles. The fraction of sp³-hybridized carbons (Fsp3) is 0.600. The molecule has 1 fully saturated rings. The number of aryl methyl sites for hydroxylation is 1. The Hall–Kier alpha value is -0.980. The first kappa shape index (κ1) is 11.5. The first-order chi connectivity index (χ1) is 7.75. The Kier molecular flexibility index (Phi) is 3.87. The number of carbonyl (C=O) groups is 1. The van der Waals surface area contributed by atoms with Crippen molar-refractivity contribution in [2.75, 3.05) is 26.3 Å². The van der Waals surface area contributed by atoms with Crippen LogP contribution in [0.4, 0.5) is 0 Å². The molecule has 1 aromatic heterocycles. The Balaban J connectivity index is 1.79. The lowest BCUT2D eigenvalue weighted by Gasteiger charge is -2.23. The summed E-state index contributed by atoms with van der Waals surface area (Å²) in [6.45, 7) is 4.73. The van der Waals surface area contributed by atoms with Gasteiger partial charge in [0.25, 0.3) is 5.91 Å². The average molecular weight is 241 g/mol. The van der Waals surface area contributed by atoms with Crippen molar-refractivity contribution >= 4 is 17.2 Å². The molecule has 0 aliphatic carbocycles. The molecule has 1 aliphatic heterocycles. The average Bonchev–Trinajstić information content (AvgIpc) is 2.74. The number of morpholine rings is 1. The van der Waals surface area contributed by atoms with Crippen LogP contribution in [0, 0.1) is 6.92 Å². The molecule has 88 valence electrons. The van der Waals surface area contributed by atoms with Crippen LogP contribution in [-0.4, -0.2) is 43.2 Å². The van der Waals surface area contributed by atoms with Gasteiger partial charge >= 0.3 is 0 Å². The number of nitrogens with one attached hydrogen (secondary N) is 2. The fourth-order valence-corrected chi connectivity index (χ4v) is 2.21. The summed E-state index contributed by atoms with van der Waals surface area (Å²) >= 11 is 1.41. The number of aromatic nitrogens is 1. The summed E-state index contributed by atoms with van der Waals surface area (Å²) < 4.78 is 5.30. The van der Waals surface area contributed by atoms with E-state index < -0.39 is 0 Å².